The lowest BCUT2D eigenvalue weighted by molar-refractivity contribution is -0.0574. The van der Waals surface area contributed by atoms with Crippen molar-refractivity contribution in [1.82, 2.24) is 0 Å². The fraction of sp³-hybridized carbons (Fsp3) is 0.750. The van der Waals surface area contributed by atoms with Crippen LogP contribution in [0.25, 0.3) is 0 Å². The van der Waals surface area contributed by atoms with Crippen LogP contribution in [0.5, 0.6) is 0 Å². The molecule has 0 bridgehead atoms. The Morgan fingerprint density at radius 1 is 2.00 bits per heavy atom. The Bertz CT molecular complexity index is 81.8. The summed E-state index contributed by atoms with van der Waals surface area (Å²) in [7, 11) is 1.55. The minimum absolute atomic E-state index is 0.319. The third kappa shape index (κ3) is 0.976. The van der Waals surface area contributed by atoms with Crippen LogP contribution in [0, 0.1) is 0 Å². The minimum Gasteiger partial charge on any atom is -0.350 e. The van der Waals surface area contributed by atoms with Crippen LogP contribution in [-0.4, -0.2) is 26.3 Å². The molecule has 1 atom stereocenters. The average Bonchev–Trinajstić information content (AvgIpc) is 2.14. The molecule has 7 heavy (non-hydrogen) atoms. The van der Waals surface area contributed by atoms with Crippen molar-refractivity contribution >= 4 is 6.21 Å². The van der Waals surface area contributed by atoms with Gasteiger partial charge >= 0.3 is 0 Å². The van der Waals surface area contributed by atoms with Gasteiger partial charge in [-0.05, 0) is 0 Å². The van der Waals surface area contributed by atoms with Crippen molar-refractivity contribution < 1.29 is 9.47 Å². The van der Waals surface area contributed by atoms with Gasteiger partial charge in [-0.2, -0.15) is 0 Å². The predicted octanol–water partition coefficient (Wildman–Crippen LogP) is -0.106. The summed E-state index contributed by atoms with van der Waals surface area (Å²) in [6.45, 7) is 0.387. The fourth-order valence-corrected chi connectivity index (χ4v) is 0.375. The zero-order valence-corrected chi connectivity index (χ0v) is 4.05. The maximum Gasteiger partial charge on any atom is 0.204 e. The van der Waals surface area contributed by atoms with Crippen molar-refractivity contribution in [3.8, 4) is 0 Å². The van der Waals surface area contributed by atoms with Gasteiger partial charge in [-0.1, -0.05) is 0 Å². The van der Waals surface area contributed by atoms with E-state index in [9.17, 15) is 0 Å². The fourth-order valence-electron chi connectivity index (χ4n) is 0.375. The van der Waals surface area contributed by atoms with Crippen molar-refractivity contribution in [2.24, 2.45) is 4.99 Å². The van der Waals surface area contributed by atoms with Crippen LogP contribution in [0.4, 0.5) is 0 Å². The molecule has 0 aromatic rings. The van der Waals surface area contributed by atoms with Crippen LogP contribution >= 0.6 is 0 Å². The van der Waals surface area contributed by atoms with E-state index in [1.165, 1.54) is 0 Å². The first-order valence-corrected chi connectivity index (χ1v) is 2.00. The zero-order chi connectivity index (χ0) is 5.11. The number of methoxy groups -OCH3 is 1. The minimum atomic E-state index is -0.319. The van der Waals surface area contributed by atoms with E-state index in [0.29, 0.717) is 6.73 Å². The number of hydrogen-bond donors (Lipinski definition) is 0. The standard InChI is InChI=1S/C4H6NO2/c1-6-4-2-5-3-7-4/h4H,3H2,1H3. The first kappa shape index (κ1) is 4.74. The Hall–Kier alpha value is -0.410. The van der Waals surface area contributed by atoms with E-state index in [4.69, 9.17) is 4.74 Å². The van der Waals surface area contributed by atoms with Crippen molar-refractivity contribution in [2.45, 2.75) is 6.29 Å². The van der Waals surface area contributed by atoms with E-state index < -0.39 is 0 Å². The lowest BCUT2D eigenvalue weighted by Gasteiger charge is -1.99. The van der Waals surface area contributed by atoms with Crippen molar-refractivity contribution in [1.29, 1.82) is 0 Å². The van der Waals surface area contributed by atoms with Crippen molar-refractivity contribution in [3.05, 3.63) is 0 Å². The van der Waals surface area contributed by atoms with Crippen LogP contribution in [0.3, 0.4) is 0 Å². The third-order valence-electron chi connectivity index (χ3n) is 0.701. The lowest BCUT2D eigenvalue weighted by Crippen LogP contribution is -2.09. The number of nitrogens with zero attached hydrogens (tertiary/aromatic N) is 1. The second-order valence-corrected chi connectivity index (χ2v) is 1.15. The smallest absolute Gasteiger partial charge is 0.204 e. The van der Waals surface area contributed by atoms with Crippen LogP contribution in [0.1, 0.15) is 0 Å². The zero-order valence-electron chi connectivity index (χ0n) is 4.05. The van der Waals surface area contributed by atoms with Crippen LogP contribution in [0.15, 0.2) is 4.99 Å². The number of ether oxygens (including phenoxy) is 2. The summed E-state index contributed by atoms with van der Waals surface area (Å²) < 4.78 is 9.49. The van der Waals surface area contributed by atoms with E-state index in [0.717, 1.165) is 0 Å². The van der Waals surface area contributed by atoms with E-state index >= 15 is 0 Å². The van der Waals surface area contributed by atoms with E-state index in [1.54, 1.807) is 7.11 Å². The molecule has 0 N–H and O–H groups in total. The summed E-state index contributed by atoms with van der Waals surface area (Å²) in [6, 6.07) is 0. The Kier molecular flexibility index (Phi) is 1.38. The summed E-state index contributed by atoms with van der Waals surface area (Å²) >= 11 is 0. The predicted molar refractivity (Wildman–Crippen MR) is 24.2 cm³/mol. The second kappa shape index (κ2) is 2.04. The summed E-state index contributed by atoms with van der Waals surface area (Å²) in [4.78, 5) is 3.64. The molecule has 39 valence electrons. The number of aliphatic imine (C=N–C) groups is 1. The van der Waals surface area contributed by atoms with Gasteiger partial charge in [-0.3, -0.25) is 4.99 Å². The summed E-state index contributed by atoms with van der Waals surface area (Å²) in [6.07, 6.45) is 2.27. The van der Waals surface area contributed by atoms with Gasteiger partial charge in [0.1, 0.15) is 12.9 Å². The van der Waals surface area contributed by atoms with Gasteiger partial charge in [0.25, 0.3) is 0 Å². The van der Waals surface area contributed by atoms with Crippen molar-refractivity contribution in [2.75, 3.05) is 13.8 Å². The number of rotatable bonds is 1. The molecule has 1 unspecified atom stereocenters. The monoisotopic (exact) mass is 100 g/mol. The lowest BCUT2D eigenvalue weighted by atomic mass is 10.7. The second-order valence-electron chi connectivity index (χ2n) is 1.15. The topological polar surface area (TPSA) is 30.8 Å². The molecule has 0 amide bonds. The molecule has 3 heteroatoms. The van der Waals surface area contributed by atoms with Gasteiger partial charge < -0.3 is 9.47 Å². The molecule has 1 heterocycles. The molecule has 1 aliphatic heterocycles. The molecule has 0 fully saturated rings. The molecule has 0 aromatic heterocycles. The van der Waals surface area contributed by atoms with E-state index in [2.05, 4.69) is 15.9 Å². The highest BCUT2D eigenvalue weighted by Crippen LogP contribution is 1.95. The third-order valence-corrected chi connectivity index (χ3v) is 0.701. The van der Waals surface area contributed by atoms with Crippen LogP contribution < -0.4 is 0 Å². The molecule has 0 saturated carbocycles. The Morgan fingerprint density at radius 2 is 2.86 bits per heavy atom. The van der Waals surface area contributed by atoms with Gasteiger partial charge in [0.05, 0.1) is 0 Å². The summed E-state index contributed by atoms with van der Waals surface area (Å²) in [5, 5.41) is 0. The Balaban J connectivity index is 2.28. The van der Waals surface area contributed by atoms with Gasteiger partial charge in [-0.15, -0.1) is 0 Å². The van der Waals surface area contributed by atoms with E-state index in [1.807, 2.05) is 0 Å². The maximum absolute atomic E-state index is 4.80. The average molecular weight is 100 g/mol. The van der Waals surface area contributed by atoms with Crippen molar-refractivity contribution in [3.63, 3.8) is 0 Å². The molecule has 1 radical (unpaired) electrons. The summed E-state index contributed by atoms with van der Waals surface area (Å²) in [5.74, 6) is 0. The molecule has 0 aromatic carbocycles. The largest absolute Gasteiger partial charge is 0.350 e. The molecule has 0 spiro atoms. The molecule has 0 saturated heterocycles. The first-order chi connectivity index (χ1) is 3.43. The molecule has 0 aliphatic carbocycles. The molecule has 3 nitrogen and oxygen atoms in total. The molecule has 1 rings (SSSR count). The SMILES string of the molecule is COC1[C]=NCO1. The number of hydrogen-bond acceptors (Lipinski definition) is 3. The van der Waals surface area contributed by atoms with Crippen LogP contribution in [0.2, 0.25) is 0 Å². The highest BCUT2D eigenvalue weighted by Gasteiger charge is 2.07. The van der Waals surface area contributed by atoms with E-state index in [-0.39, 0.29) is 6.29 Å². The maximum atomic E-state index is 4.80. The van der Waals surface area contributed by atoms with Gasteiger partial charge in [-0.25, -0.2) is 0 Å². The highest BCUT2D eigenvalue weighted by atomic mass is 16.7. The summed E-state index contributed by atoms with van der Waals surface area (Å²) in [5.41, 5.74) is 0. The molecular formula is C4H6NO2. The van der Waals surface area contributed by atoms with Gasteiger partial charge in [0.2, 0.25) is 6.29 Å². The highest BCUT2D eigenvalue weighted by molar-refractivity contribution is 5.62. The quantitative estimate of drug-likeness (QED) is 0.460. The van der Waals surface area contributed by atoms with Gasteiger partial charge in [0.15, 0.2) is 0 Å². The Morgan fingerprint density at radius 3 is 3.14 bits per heavy atom. The van der Waals surface area contributed by atoms with Crippen LogP contribution in [-0.2, 0) is 9.47 Å². The Labute approximate surface area is 42.0 Å². The first-order valence-electron chi connectivity index (χ1n) is 2.00. The molecule has 1 aliphatic rings. The van der Waals surface area contributed by atoms with Gasteiger partial charge in [0, 0.05) is 7.11 Å². The normalized spacial score (nSPS) is 29.0. The molecular weight excluding hydrogens is 94.0 g/mol.